The molecule has 5 heteroatoms. The SMILES string of the molecule is CC(C)COc1cccc(C(=O)NC(=S)Nc2ccc3ccccc3c2)c1. The second-order valence-corrected chi connectivity index (χ2v) is 7.11. The topological polar surface area (TPSA) is 50.4 Å². The van der Waals surface area contributed by atoms with Gasteiger partial charge in [0.15, 0.2) is 5.11 Å². The summed E-state index contributed by atoms with van der Waals surface area (Å²) in [5.41, 5.74) is 1.33. The van der Waals surface area contributed by atoms with Crippen molar-refractivity contribution in [3.05, 3.63) is 72.3 Å². The van der Waals surface area contributed by atoms with Crippen LogP contribution in [0, 0.1) is 5.92 Å². The monoisotopic (exact) mass is 378 g/mol. The molecule has 0 saturated carbocycles. The molecule has 4 nitrogen and oxygen atoms in total. The van der Waals surface area contributed by atoms with Crippen molar-refractivity contribution in [3.63, 3.8) is 0 Å². The van der Waals surface area contributed by atoms with Crippen molar-refractivity contribution in [2.24, 2.45) is 5.92 Å². The van der Waals surface area contributed by atoms with Gasteiger partial charge < -0.3 is 10.1 Å². The minimum Gasteiger partial charge on any atom is -0.493 e. The fourth-order valence-electron chi connectivity index (χ4n) is 2.59. The Kier molecular flexibility index (Phi) is 6.04. The van der Waals surface area contributed by atoms with Gasteiger partial charge in [0.05, 0.1) is 6.61 Å². The summed E-state index contributed by atoms with van der Waals surface area (Å²) >= 11 is 5.28. The van der Waals surface area contributed by atoms with Crippen LogP contribution in [0.1, 0.15) is 24.2 Å². The number of hydrogen-bond donors (Lipinski definition) is 2. The van der Waals surface area contributed by atoms with Crippen molar-refractivity contribution >= 4 is 39.7 Å². The fraction of sp³-hybridized carbons (Fsp3) is 0.182. The first kappa shape index (κ1) is 18.9. The van der Waals surface area contributed by atoms with Gasteiger partial charge in [0.1, 0.15) is 5.75 Å². The summed E-state index contributed by atoms with van der Waals surface area (Å²) in [7, 11) is 0. The predicted molar refractivity (Wildman–Crippen MR) is 114 cm³/mol. The molecule has 27 heavy (non-hydrogen) atoms. The predicted octanol–water partition coefficient (Wildman–Crippen LogP) is 5.00. The minimum atomic E-state index is -0.275. The number of hydrogen-bond acceptors (Lipinski definition) is 3. The van der Waals surface area contributed by atoms with Crippen LogP contribution < -0.4 is 15.4 Å². The fourth-order valence-corrected chi connectivity index (χ4v) is 2.81. The van der Waals surface area contributed by atoms with Crippen molar-refractivity contribution in [2.45, 2.75) is 13.8 Å². The average Bonchev–Trinajstić information content (AvgIpc) is 2.66. The molecule has 0 aliphatic heterocycles. The third kappa shape index (κ3) is 5.28. The quantitative estimate of drug-likeness (QED) is 0.613. The molecule has 0 saturated heterocycles. The Balaban J connectivity index is 1.63. The molecular formula is C22H22N2O2S. The Bertz CT molecular complexity index is 969. The van der Waals surface area contributed by atoms with Crippen molar-refractivity contribution < 1.29 is 9.53 Å². The molecule has 2 N–H and O–H groups in total. The third-order valence-electron chi connectivity index (χ3n) is 3.91. The zero-order valence-corrected chi connectivity index (χ0v) is 16.2. The molecule has 0 aliphatic carbocycles. The van der Waals surface area contributed by atoms with Crippen molar-refractivity contribution in [2.75, 3.05) is 11.9 Å². The first-order valence-electron chi connectivity index (χ1n) is 8.85. The number of carbonyl (C=O) groups excluding carboxylic acids is 1. The van der Waals surface area contributed by atoms with Crippen LogP contribution in [0.4, 0.5) is 5.69 Å². The van der Waals surface area contributed by atoms with Gasteiger partial charge in [-0.05, 0) is 59.2 Å². The maximum absolute atomic E-state index is 12.5. The van der Waals surface area contributed by atoms with Crippen LogP contribution in [-0.2, 0) is 0 Å². The molecular weight excluding hydrogens is 356 g/mol. The number of nitrogens with one attached hydrogen (secondary N) is 2. The number of benzene rings is 3. The van der Waals surface area contributed by atoms with Gasteiger partial charge in [0.25, 0.3) is 5.91 Å². The van der Waals surface area contributed by atoms with Gasteiger partial charge >= 0.3 is 0 Å². The number of rotatable bonds is 5. The number of thiocarbonyl (C=S) groups is 1. The lowest BCUT2D eigenvalue weighted by atomic mass is 10.1. The molecule has 1 amide bonds. The number of fused-ring (bicyclic) bond motifs is 1. The summed E-state index contributed by atoms with van der Waals surface area (Å²) in [6.45, 7) is 4.76. The van der Waals surface area contributed by atoms with E-state index in [1.54, 1.807) is 18.2 Å². The lowest BCUT2D eigenvalue weighted by molar-refractivity contribution is 0.0977. The van der Waals surface area contributed by atoms with E-state index in [1.165, 1.54) is 0 Å². The molecule has 3 rings (SSSR count). The molecule has 3 aromatic rings. The van der Waals surface area contributed by atoms with Crippen LogP contribution in [0.3, 0.4) is 0 Å². The van der Waals surface area contributed by atoms with Gasteiger partial charge in [-0.15, -0.1) is 0 Å². The van der Waals surface area contributed by atoms with Gasteiger partial charge in [-0.25, -0.2) is 0 Å². The Morgan fingerprint density at radius 2 is 1.78 bits per heavy atom. The molecule has 0 aliphatic rings. The number of anilines is 1. The van der Waals surface area contributed by atoms with E-state index in [2.05, 4.69) is 24.5 Å². The second kappa shape index (κ2) is 8.64. The summed E-state index contributed by atoms with van der Waals surface area (Å²) in [6.07, 6.45) is 0. The maximum Gasteiger partial charge on any atom is 0.257 e. The van der Waals surface area contributed by atoms with E-state index < -0.39 is 0 Å². The molecule has 0 radical (unpaired) electrons. The third-order valence-corrected chi connectivity index (χ3v) is 4.12. The van der Waals surface area contributed by atoms with E-state index in [0.717, 1.165) is 16.5 Å². The van der Waals surface area contributed by atoms with Crippen LogP contribution in [0.5, 0.6) is 5.75 Å². The van der Waals surface area contributed by atoms with Crippen LogP contribution in [-0.4, -0.2) is 17.6 Å². The summed E-state index contributed by atoms with van der Waals surface area (Å²) in [5, 5.41) is 8.27. The number of ether oxygens (including phenoxy) is 1. The molecule has 0 heterocycles. The Morgan fingerprint density at radius 3 is 2.56 bits per heavy atom. The standard InChI is InChI=1S/C22H22N2O2S/c1-15(2)14-26-20-9-5-8-18(13-20)21(25)24-22(27)23-19-11-10-16-6-3-4-7-17(16)12-19/h3-13,15H,14H2,1-2H3,(H2,23,24,25,27). The Morgan fingerprint density at radius 1 is 1.00 bits per heavy atom. The molecule has 0 fully saturated rings. The van der Waals surface area contributed by atoms with E-state index in [-0.39, 0.29) is 11.0 Å². The van der Waals surface area contributed by atoms with Crippen LogP contribution in [0.15, 0.2) is 66.7 Å². The lowest BCUT2D eigenvalue weighted by Gasteiger charge is -2.12. The van der Waals surface area contributed by atoms with E-state index >= 15 is 0 Å². The summed E-state index contributed by atoms with van der Waals surface area (Å²) in [5.74, 6) is 0.814. The second-order valence-electron chi connectivity index (χ2n) is 6.70. The van der Waals surface area contributed by atoms with E-state index in [9.17, 15) is 4.79 Å². The highest BCUT2D eigenvalue weighted by Crippen LogP contribution is 2.19. The minimum absolute atomic E-state index is 0.254. The van der Waals surface area contributed by atoms with E-state index in [0.29, 0.717) is 23.8 Å². The molecule has 0 atom stereocenters. The van der Waals surface area contributed by atoms with Gasteiger partial charge in [0, 0.05) is 11.3 Å². The smallest absolute Gasteiger partial charge is 0.257 e. The van der Waals surface area contributed by atoms with Crippen molar-refractivity contribution in [3.8, 4) is 5.75 Å². The van der Waals surface area contributed by atoms with Gasteiger partial charge in [-0.1, -0.05) is 50.2 Å². The summed E-state index contributed by atoms with van der Waals surface area (Å²) < 4.78 is 5.67. The normalized spacial score (nSPS) is 10.6. The molecule has 138 valence electrons. The lowest BCUT2D eigenvalue weighted by Crippen LogP contribution is -2.34. The Labute approximate surface area is 164 Å². The van der Waals surface area contributed by atoms with Crippen molar-refractivity contribution in [1.82, 2.24) is 5.32 Å². The van der Waals surface area contributed by atoms with Crippen LogP contribution >= 0.6 is 12.2 Å². The molecule has 3 aromatic carbocycles. The largest absolute Gasteiger partial charge is 0.493 e. The Hall–Kier alpha value is -2.92. The highest BCUT2D eigenvalue weighted by molar-refractivity contribution is 7.80. The van der Waals surface area contributed by atoms with Gasteiger partial charge in [-0.2, -0.15) is 0 Å². The average molecular weight is 378 g/mol. The molecule has 0 aromatic heterocycles. The van der Waals surface area contributed by atoms with Crippen molar-refractivity contribution in [1.29, 1.82) is 0 Å². The number of carbonyl (C=O) groups is 1. The highest BCUT2D eigenvalue weighted by atomic mass is 32.1. The van der Waals surface area contributed by atoms with E-state index in [4.69, 9.17) is 17.0 Å². The molecule has 0 unspecified atom stereocenters. The molecule has 0 bridgehead atoms. The molecule has 0 spiro atoms. The summed E-state index contributed by atoms with van der Waals surface area (Å²) in [6, 6.07) is 21.1. The van der Waals surface area contributed by atoms with Crippen LogP contribution in [0.2, 0.25) is 0 Å². The van der Waals surface area contributed by atoms with Crippen LogP contribution in [0.25, 0.3) is 10.8 Å². The summed E-state index contributed by atoms with van der Waals surface area (Å²) in [4.78, 5) is 12.5. The first-order chi connectivity index (χ1) is 13.0. The zero-order valence-electron chi connectivity index (χ0n) is 15.4. The zero-order chi connectivity index (χ0) is 19.2. The van der Waals surface area contributed by atoms with E-state index in [1.807, 2.05) is 48.5 Å². The number of amides is 1. The van der Waals surface area contributed by atoms with Gasteiger partial charge in [0.2, 0.25) is 0 Å². The maximum atomic E-state index is 12.5. The highest BCUT2D eigenvalue weighted by Gasteiger charge is 2.10. The first-order valence-corrected chi connectivity index (χ1v) is 9.26. The van der Waals surface area contributed by atoms with Gasteiger partial charge in [-0.3, -0.25) is 10.1 Å².